The van der Waals surface area contributed by atoms with Crippen LogP contribution in [0, 0.1) is 0 Å². The Kier molecular flexibility index (Phi) is 10.1. The van der Waals surface area contributed by atoms with Crippen molar-refractivity contribution in [1.29, 1.82) is 0 Å². The lowest BCUT2D eigenvalue weighted by molar-refractivity contribution is 0.590. The van der Waals surface area contributed by atoms with Gasteiger partial charge in [-0.3, -0.25) is 0 Å². The first-order valence-corrected chi connectivity index (χ1v) is 27.4. The molecule has 0 amide bonds. The van der Waals surface area contributed by atoms with Gasteiger partial charge >= 0.3 is 0 Å². The maximum absolute atomic E-state index is 6.92. The Bertz CT molecular complexity index is 4130. The van der Waals surface area contributed by atoms with Gasteiger partial charge in [-0.1, -0.05) is 215 Å². The van der Waals surface area contributed by atoms with E-state index in [2.05, 4.69) is 274 Å². The fourth-order valence-electron chi connectivity index (χ4n) is 13.1. The molecule has 3 heteroatoms. The summed E-state index contributed by atoms with van der Waals surface area (Å²) in [5.41, 5.74) is 26.2. The molecular formula is C74H63NO2. The lowest BCUT2D eigenvalue weighted by Gasteiger charge is -2.31. The van der Waals surface area contributed by atoms with Crippen molar-refractivity contribution < 1.29 is 8.83 Å². The quantitative estimate of drug-likeness (QED) is 0.166. The highest BCUT2D eigenvalue weighted by Crippen LogP contribution is 2.59. The van der Waals surface area contributed by atoms with E-state index in [1.54, 1.807) is 0 Å². The van der Waals surface area contributed by atoms with Crippen molar-refractivity contribution in [1.82, 2.24) is 0 Å². The normalized spacial score (nSPS) is 14.3. The molecule has 376 valence electrons. The summed E-state index contributed by atoms with van der Waals surface area (Å²) in [6.45, 7) is 23.3. The number of nitrogens with zero attached hydrogens (tertiary/aromatic N) is 1. The minimum absolute atomic E-state index is 0.0508. The van der Waals surface area contributed by atoms with Crippen molar-refractivity contribution in [3.63, 3.8) is 0 Å². The Morgan fingerprint density at radius 1 is 0.351 bits per heavy atom. The fraction of sp³-hybridized carbons (Fsp3) is 0.189. The van der Waals surface area contributed by atoms with E-state index in [4.69, 9.17) is 8.83 Å². The minimum Gasteiger partial charge on any atom is -0.455 e. The lowest BCUT2D eigenvalue weighted by Crippen LogP contribution is -2.18. The Morgan fingerprint density at radius 3 is 1.21 bits per heavy atom. The number of hydrogen-bond acceptors (Lipinski definition) is 3. The van der Waals surface area contributed by atoms with Crippen LogP contribution in [0.3, 0.4) is 0 Å². The van der Waals surface area contributed by atoms with Crippen LogP contribution in [0.4, 0.5) is 17.1 Å². The van der Waals surface area contributed by atoms with Crippen molar-refractivity contribution >= 4 is 60.9 Å². The standard InChI is InChI=1S/C74H63NO2/c1-71(2,3)47-32-28-45(29-33-47)56-42-60-65(67-54-23-15-18-26-63(54)76-69(56)67)52-38-36-49(40-58(52)73(60,7)8)75(62-25-17-14-22-51(62)44-20-12-11-13-21-44)50-37-39-53-59(41-50)74(9,10)61-43-57(46-30-34-48(35-31-46)72(4,5)6)70-68(66(53)61)55-24-16-19-27-64(55)77-70/h11-43H,1-10H3. The van der Waals surface area contributed by atoms with Gasteiger partial charge in [0.05, 0.1) is 5.69 Å². The third-order valence-electron chi connectivity index (χ3n) is 17.4. The molecule has 0 aliphatic heterocycles. The summed E-state index contributed by atoms with van der Waals surface area (Å²) in [4.78, 5) is 2.51. The third kappa shape index (κ3) is 7.09. The highest BCUT2D eigenvalue weighted by molar-refractivity contribution is 6.20. The Morgan fingerprint density at radius 2 is 0.753 bits per heavy atom. The van der Waals surface area contributed by atoms with Crippen LogP contribution in [0.25, 0.3) is 99.5 Å². The molecule has 14 rings (SSSR count). The Hall–Kier alpha value is -8.40. The van der Waals surface area contributed by atoms with E-state index in [1.165, 1.54) is 77.5 Å². The molecule has 2 aliphatic rings. The average Bonchev–Trinajstić information content (AvgIpc) is 4.34. The Balaban J connectivity index is 0.969. The summed E-state index contributed by atoms with van der Waals surface area (Å²) in [5, 5.41) is 4.66. The van der Waals surface area contributed by atoms with Crippen molar-refractivity contribution in [3.05, 3.63) is 234 Å². The Labute approximate surface area is 452 Å². The molecule has 0 atom stereocenters. The highest BCUT2D eigenvalue weighted by atomic mass is 16.3. The summed E-state index contributed by atoms with van der Waals surface area (Å²) in [7, 11) is 0. The van der Waals surface area contributed by atoms with Crippen LogP contribution in [0.15, 0.2) is 209 Å². The predicted molar refractivity (Wildman–Crippen MR) is 325 cm³/mol. The zero-order valence-corrected chi connectivity index (χ0v) is 45.8. The molecule has 0 unspecified atom stereocenters. The van der Waals surface area contributed by atoms with Gasteiger partial charge in [0, 0.05) is 60.4 Å². The molecule has 0 fully saturated rings. The molecule has 0 saturated heterocycles. The first kappa shape index (κ1) is 47.1. The first-order chi connectivity index (χ1) is 37.0. The van der Waals surface area contributed by atoms with Crippen LogP contribution >= 0.6 is 0 Å². The number of rotatable bonds is 6. The fourth-order valence-corrected chi connectivity index (χ4v) is 13.1. The van der Waals surface area contributed by atoms with Crippen LogP contribution < -0.4 is 4.90 Å². The topological polar surface area (TPSA) is 29.5 Å². The van der Waals surface area contributed by atoms with E-state index >= 15 is 0 Å². The smallest absolute Gasteiger partial charge is 0.143 e. The van der Waals surface area contributed by atoms with E-state index in [0.29, 0.717) is 0 Å². The van der Waals surface area contributed by atoms with E-state index in [-0.39, 0.29) is 21.7 Å². The monoisotopic (exact) mass is 997 g/mol. The molecule has 0 bridgehead atoms. The molecule has 0 saturated carbocycles. The zero-order valence-electron chi connectivity index (χ0n) is 45.8. The van der Waals surface area contributed by atoms with Gasteiger partial charge in [0.25, 0.3) is 0 Å². The zero-order chi connectivity index (χ0) is 52.9. The average molecular weight is 998 g/mol. The van der Waals surface area contributed by atoms with Crippen LogP contribution in [0.1, 0.15) is 103 Å². The van der Waals surface area contributed by atoms with Gasteiger partial charge in [-0.25, -0.2) is 0 Å². The van der Waals surface area contributed by atoms with Crippen LogP contribution in [-0.2, 0) is 21.7 Å². The van der Waals surface area contributed by atoms with Gasteiger partial charge in [0.2, 0.25) is 0 Å². The third-order valence-corrected chi connectivity index (χ3v) is 17.4. The van der Waals surface area contributed by atoms with Gasteiger partial charge < -0.3 is 13.7 Å². The molecule has 12 aromatic rings. The molecule has 10 aromatic carbocycles. The summed E-state index contributed by atoms with van der Waals surface area (Å²) in [6.07, 6.45) is 0. The molecule has 2 aliphatic carbocycles. The maximum atomic E-state index is 6.92. The maximum Gasteiger partial charge on any atom is 0.143 e. The second-order valence-electron chi connectivity index (χ2n) is 24.9. The number of furan rings is 2. The second kappa shape index (κ2) is 16.6. The number of fused-ring (bicyclic) bond motifs is 14. The first-order valence-electron chi connectivity index (χ1n) is 27.4. The number of benzene rings is 10. The lowest BCUT2D eigenvalue weighted by atomic mass is 9.80. The molecule has 77 heavy (non-hydrogen) atoms. The minimum atomic E-state index is -0.344. The van der Waals surface area contributed by atoms with E-state index < -0.39 is 0 Å². The molecule has 2 heterocycles. The van der Waals surface area contributed by atoms with Crippen LogP contribution in [0.2, 0.25) is 0 Å². The van der Waals surface area contributed by atoms with Gasteiger partial charge in [-0.15, -0.1) is 0 Å². The molecule has 0 spiro atoms. The van der Waals surface area contributed by atoms with Gasteiger partial charge in [0.15, 0.2) is 0 Å². The number of para-hydroxylation sites is 3. The second-order valence-corrected chi connectivity index (χ2v) is 24.9. The van der Waals surface area contributed by atoms with Crippen molar-refractivity contribution in [3.8, 4) is 55.6 Å². The van der Waals surface area contributed by atoms with Crippen molar-refractivity contribution in [2.45, 2.75) is 90.9 Å². The van der Waals surface area contributed by atoms with Crippen molar-refractivity contribution in [2.75, 3.05) is 4.90 Å². The van der Waals surface area contributed by atoms with Crippen molar-refractivity contribution in [2.24, 2.45) is 0 Å². The largest absolute Gasteiger partial charge is 0.455 e. The van der Waals surface area contributed by atoms with E-state index in [1.807, 2.05) is 0 Å². The summed E-state index contributed by atoms with van der Waals surface area (Å²) >= 11 is 0. The van der Waals surface area contributed by atoms with Gasteiger partial charge in [-0.2, -0.15) is 0 Å². The molecule has 2 aromatic heterocycles. The summed E-state index contributed by atoms with van der Waals surface area (Å²) < 4.78 is 13.8. The molecule has 0 radical (unpaired) electrons. The SMILES string of the molecule is CC(C)(C)c1ccc(-c2cc3c(c4c2oc2ccccc24)-c2ccc(N(c4ccc5c(c4)C(C)(C)c4cc(-c6ccc(C(C)(C)C)cc6)c6oc7ccccc7c6c4-5)c4ccccc4-c4ccccc4)cc2C3(C)C)cc1. The van der Waals surface area contributed by atoms with Crippen LogP contribution in [-0.4, -0.2) is 0 Å². The molecular weight excluding hydrogens is 935 g/mol. The van der Waals surface area contributed by atoms with Crippen LogP contribution in [0.5, 0.6) is 0 Å². The number of hydrogen-bond donors (Lipinski definition) is 0. The highest BCUT2D eigenvalue weighted by Gasteiger charge is 2.42. The van der Waals surface area contributed by atoms with E-state index in [9.17, 15) is 0 Å². The number of anilines is 3. The predicted octanol–water partition coefficient (Wildman–Crippen LogP) is 21.2. The summed E-state index contributed by atoms with van der Waals surface area (Å²) in [5.74, 6) is 0. The molecule has 0 N–H and O–H groups in total. The van der Waals surface area contributed by atoms with Gasteiger partial charge in [-0.05, 0) is 138 Å². The molecule has 3 nitrogen and oxygen atoms in total. The van der Waals surface area contributed by atoms with E-state index in [0.717, 1.165) is 72.4 Å². The van der Waals surface area contributed by atoms with Gasteiger partial charge in [0.1, 0.15) is 22.3 Å². The summed E-state index contributed by atoms with van der Waals surface area (Å²) in [6, 6.07) is 74.4.